The molecule has 0 heterocycles. The number of benzene rings is 6. The van der Waals surface area contributed by atoms with Crippen LogP contribution in [-0.4, -0.2) is 0 Å². The second-order valence-electron chi connectivity index (χ2n) is 14.1. The summed E-state index contributed by atoms with van der Waals surface area (Å²) in [6.07, 6.45) is 16.6. The predicted molar refractivity (Wildman–Crippen MR) is 235 cm³/mol. The van der Waals surface area contributed by atoms with E-state index in [-0.39, 0.29) is 0 Å². The van der Waals surface area contributed by atoms with Gasteiger partial charge in [0.25, 0.3) is 0 Å². The molecule has 1 aliphatic carbocycles. The highest BCUT2D eigenvalue weighted by Crippen LogP contribution is 2.40. The Kier molecular flexibility index (Phi) is 11.5. The Balaban J connectivity index is 1.12. The normalized spacial score (nSPS) is 14.3. The molecule has 0 bridgehead atoms. The van der Waals surface area contributed by atoms with Gasteiger partial charge in [-0.25, -0.2) is 0 Å². The van der Waals surface area contributed by atoms with E-state index in [0.29, 0.717) is 5.92 Å². The number of allylic oxidation sites excluding steroid dienone is 4. The van der Waals surface area contributed by atoms with Crippen LogP contribution in [0.3, 0.4) is 0 Å². The fourth-order valence-corrected chi connectivity index (χ4v) is 7.62. The summed E-state index contributed by atoms with van der Waals surface area (Å²) in [4.78, 5) is 4.85. The van der Waals surface area contributed by atoms with Crippen molar-refractivity contribution in [2.75, 3.05) is 9.80 Å². The molecule has 0 spiro atoms. The van der Waals surface area contributed by atoms with E-state index >= 15 is 0 Å². The van der Waals surface area contributed by atoms with Crippen LogP contribution in [0, 0.1) is 12.8 Å². The first-order valence-corrected chi connectivity index (χ1v) is 19.4. The number of anilines is 5. The van der Waals surface area contributed by atoms with Crippen LogP contribution in [-0.2, 0) is 6.42 Å². The first kappa shape index (κ1) is 36.2. The monoisotopic (exact) mass is 702 g/mol. The first-order valence-electron chi connectivity index (χ1n) is 19.4. The van der Waals surface area contributed by atoms with Gasteiger partial charge < -0.3 is 9.80 Å². The smallest absolute Gasteiger partial charge is 0.0522 e. The Morgan fingerprint density at radius 1 is 0.519 bits per heavy atom. The molecule has 0 fully saturated rings. The molecule has 2 nitrogen and oxygen atoms in total. The topological polar surface area (TPSA) is 6.48 Å². The number of hydrogen-bond acceptors (Lipinski definition) is 2. The van der Waals surface area contributed by atoms with E-state index < -0.39 is 0 Å². The Bertz CT molecular complexity index is 2270. The average molecular weight is 703 g/mol. The van der Waals surface area contributed by atoms with Gasteiger partial charge in [-0.05, 0) is 121 Å². The third-order valence-corrected chi connectivity index (χ3v) is 10.5. The van der Waals surface area contributed by atoms with Crippen LogP contribution in [0.2, 0.25) is 0 Å². The average Bonchev–Trinajstić information content (AvgIpc) is 3.22. The minimum atomic E-state index is 0.494. The lowest BCUT2D eigenvalue weighted by molar-refractivity contribution is 0.578. The van der Waals surface area contributed by atoms with Crippen LogP contribution in [0.4, 0.5) is 28.4 Å². The van der Waals surface area contributed by atoms with E-state index in [1.807, 2.05) is 0 Å². The molecule has 6 aromatic carbocycles. The van der Waals surface area contributed by atoms with E-state index in [2.05, 4.69) is 226 Å². The molecule has 1 atom stereocenters. The van der Waals surface area contributed by atoms with Gasteiger partial charge in [-0.15, -0.1) is 0 Å². The van der Waals surface area contributed by atoms with Crippen molar-refractivity contribution in [1.82, 2.24) is 0 Å². The molecule has 0 saturated heterocycles. The molecule has 54 heavy (non-hydrogen) atoms. The molecule has 6 aromatic rings. The van der Waals surface area contributed by atoms with Gasteiger partial charge in [-0.2, -0.15) is 0 Å². The molecular weight excluding hydrogens is 653 g/mol. The van der Waals surface area contributed by atoms with Crippen molar-refractivity contribution in [1.29, 1.82) is 0 Å². The lowest BCUT2D eigenvalue weighted by Gasteiger charge is -2.35. The van der Waals surface area contributed by atoms with Gasteiger partial charge in [0.1, 0.15) is 0 Å². The Morgan fingerprint density at radius 3 is 1.56 bits per heavy atom. The highest BCUT2D eigenvalue weighted by Gasteiger charge is 2.25. The fourth-order valence-electron chi connectivity index (χ4n) is 7.62. The largest absolute Gasteiger partial charge is 0.314 e. The maximum Gasteiger partial charge on any atom is 0.0522 e. The molecule has 1 unspecified atom stereocenters. The minimum Gasteiger partial charge on any atom is -0.314 e. The molecule has 2 heteroatoms. The van der Waals surface area contributed by atoms with Crippen LogP contribution in [0.25, 0.3) is 24.3 Å². The summed E-state index contributed by atoms with van der Waals surface area (Å²) in [6, 6.07) is 54.5. The van der Waals surface area contributed by atoms with Crippen molar-refractivity contribution in [3.63, 3.8) is 0 Å². The second-order valence-corrected chi connectivity index (χ2v) is 14.1. The molecule has 0 saturated carbocycles. The Labute approximate surface area is 322 Å². The van der Waals surface area contributed by atoms with Crippen LogP contribution in [0.15, 0.2) is 175 Å². The molecule has 0 radical (unpaired) electrons. The molecule has 1 aliphatic rings. The van der Waals surface area contributed by atoms with E-state index in [9.17, 15) is 0 Å². The van der Waals surface area contributed by atoms with E-state index in [1.54, 1.807) is 0 Å². The Hall–Kier alpha value is -6.12. The van der Waals surface area contributed by atoms with Gasteiger partial charge in [0.15, 0.2) is 0 Å². The van der Waals surface area contributed by atoms with Crippen molar-refractivity contribution in [2.45, 2.75) is 47.0 Å². The van der Waals surface area contributed by atoms with Crippen LogP contribution >= 0.6 is 0 Å². The summed E-state index contributed by atoms with van der Waals surface area (Å²) in [5.74, 6) is 0.494. The van der Waals surface area contributed by atoms with Crippen LogP contribution in [0.5, 0.6) is 0 Å². The lowest BCUT2D eigenvalue weighted by atomic mass is 9.89. The highest BCUT2D eigenvalue weighted by molar-refractivity contribution is 5.83. The summed E-state index contributed by atoms with van der Waals surface area (Å²) in [7, 11) is 0. The summed E-state index contributed by atoms with van der Waals surface area (Å²) >= 11 is 0. The first-order chi connectivity index (χ1) is 26.5. The van der Waals surface area contributed by atoms with Gasteiger partial charge in [0.2, 0.25) is 0 Å². The van der Waals surface area contributed by atoms with Crippen LogP contribution in [0.1, 0.15) is 67.0 Å². The standard InChI is InChI=1S/C52H50N2/c1-5-43-21-15-17-39(3)51(43)53(47-23-9-7-10-24-47)49-35-29-41(30-36-49)27-33-45-19-13-14-20-46(45)34-28-42-31-37-50(38-32-42)54(48-25-11-8-12-26-48)52-40(4)18-16-22-44(52)6-2/h7-21,23-38,44H,5-6,22H2,1-4H3/b33-27+,34-28+. The van der Waals surface area contributed by atoms with Crippen molar-refractivity contribution in [2.24, 2.45) is 5.92 Å². The summed E-state index contributed by atoms with van der Waals surface area (Å²) < 4.78 is 0. The van der Waals surface area contributed by atoms with Gasteiger partial charge >= 0.3 is 0 Å². The summed E-state index contributed by atoms with van der Waals surface area (Å²) in [5, 5.41) is 0. The molecule has 0 aromatic heterocycles. The fraction of sp³-hybridized carbons (Fsp3) is 0.154. The molecule has 268 valence electrons. The number of hydrogen-bond donors (Lipinski definition) is 0. The lowest BCUT2D eigenvalue weighted by Crippen LogP contribution is -2.25. The molecular formula is C52H50N2. The zero-order chi connectivity index (χ0) is 37.3. The van der Waals surface area contributed by atoms with E-state index in [0.717, 1.165) is 36.2 Å². The van der Waals surface area contributed by atoms with Crippen molar-refractivity contribution >= 4 is 52.7 Å². The maximum absolute atomic E-state index is 2.46. The van der Waals surface area contributed by atoms with Crippen molar-refractivity contribution in [3.05, 3.63) is 208 Å². The van der Waals surface area contributed by atoms with Crippen LogP contribution < -0.4 is 9.80 Å². The van der Waals surface area contributed by atoms with Gasteiger partial charge in [0.05, 0.1) is 5.69 Å². The summed E-state index contributed by atoms with van der Waals surface area (Å²) in [6.45, 7) is 8.98. The van der Waals surface area contributed by atoms with E-state index in [4.69, 9.17) is 0 Å². The third-order valence-electron chi connectivity index (χ3n) is 10.5. The van der Waals surface area contributed by atoms with Crippen molar-refractivity contribution in [3.8, 4) is 0 Å². The van der Waals surface area contributed by atoms with Gasteiger partial charge in [-0.3, -0.25) is 0 Å². The van der Waals surface area contributed by atoms with Gasteiger partial charge in [-0.1, -0.05) is 153 Å². The summed E-state index contributed by atoms with van der Waals surface area (Å²) in [5.41, 5.74) is 16.0. The number of aryl methyl sites for hydroxylation is 2. The molecule has 7 rings (SSSR count). The Morgan fingerprint density at radius 2 is 1.02 bits per heavy atom. The van der Waals surface area contributed by atoms with E-state index in [1.165, 1.54) is 56.1 Å². The zero-order valence-corrected chi connectivity index (χ0v) is 32.0. The van der Waals surface area contributed by atoms with Crippen molar-refractivity contribution < 1.29 is 0 Å². The molecule has 0 aliphatic heterocycles. The SMILES string of the molecule is CCc1cccc(C)c1N(c1ccccc1)c1ccc(/C=C/c2ccccc2/C=C/c2ccc(N(C3=C(C)C=CCC3CC)c3ccccc3)cc2)cc1. The number of nitrogens with zero attached hydrogens (tertiary/aromatic N) is 2. The molecule has 0 N–H and O–H groups in total. The highest BCUT2D eigenvalue weighted by atomic mass is 15.2. The maximum atomic E-state index is 2.46. The number of para-hydroxylation sites is 3. The molecule has 0 amide bonds. The second kappa shape index (κ2) is 17.1. The third kappa shape index (κ3) is 8.09. The predicted octanol–water partition coefficient (Wildman–Crippen LogP) is 14.8. The minimum absolute atomic E-state index is 0.494. The quantitative estimate of drug-likeness (QED) is 0.117. The number of rotatable bonds is 12. The zero-order valence-electron chi connectivity index (χ0n) is 32.0. The van der Waals surface area contributed by atoms with Gasteiger partial charge in [0, 0.05) is 34.4 Å².